The van der Waals surface area contributed by atoms with Gasteiger partial charge in [-0.1, -0.05) is 63.9 Å². The van der Waals surface area contributed by atoms with Crippen LogP contribution in [0.5, 0.6) is 0 Å². The lowest BCUT2D eigenvalue weighted by Gasteiger charge is -2.41. The van der Waals surface area contributed by atoms with Crippen LogP contribution < -0.4 is 9.70 Å². The number of ether oxygens (including phenoxy) is 3. The van der Waals surface area contributed by atoms with E-state index in [2.05, 4.69) is 80.2 Å². The van der Waals surface area contributed by atoms with Crippen LogP contribution in [0.3, 0.4) is 0 Å². The number of hydrogen-bond acceptors (Lipinski definition) is 13. The van der Waals surface area contributed by atoms with Gasteiger partial charge in [-0.2, -0.15) is 4.99 Å². The average Bonchev–Trinajstić information content (AvgIpc) is 3.72. The van der Waals surface area contributed by atoms with Crippen molar-refractivity contribution in [1.82, 2.24) is 24.6 Å². The van der Waals surface area contributed by atoms with Crippen LogP contribution in [-0.4, -0.2) is 106 Å². The molecule has 0 bridgehead atoms. The number of aryl methyl sites for hydroxylation is 1. The standard InChI is InChI=1S/C36H55N7O5S2Si2/c1-26-21-31(39-40-32(26)38-35-43(25-47-19-20-51(6,7)8)29-13-11-12-14-30(29)50-35)42(34-37-28(24-49-34)33(44)45-5)22-27(41-15-17-46-18-16-41)23-48-52(9,10)36(2,3)4/h11-14,21,24,27H,15-20,22-23,25H2,1-10H3/b38-35-. The van der Waals surface area contributed by atoms with Gasteiger partial charge in [0.2, 0.25) is 0 Å². The molecule has 5 rings (SSSR count). The van der Waals surface area contributed by atoms with E-state index in [0.29, 0.717) is 49.9 Å². The molecule has 0 amide bonds. The van der Waals surface area contributed by atoms with Gasteiger partial charge in [-0.05, 0) is 54.9 Å². The predicted molar refractivity (Wildman–Crippen MR) is 216 cm³/mol. The van der Waals surface area contributed by atoms with E-state index in [1.54, 1.807) is 16.7 Å². The van der Waals surface area contributed by atoms with Crippen molar-refractivity contribution in [3.8, 4) is 0 Å². The lowest BCUT2D eigenvalue weighted by Crippen LogP contribution is -2.53. The molecule has 0 N–H and O–H groups in total. The monoisotopic (exact) mass is 785 g/mol. The number of esters is 1. The number of benzene rings is 1. The van der Waals surface area contributed by atoms with Gasteiger partial charge >= 0.3 is 5.97 Å². The number of carbonyl (C=O) groups excluding carboxylic acids is 1. The number of anilines is 2. The Morgan fingerprint density at radius 3 is 2.52 bits per heavy atom. The third-order valence-corrected chi connectivity index (χ3v) is 17.9. The number of thiazole rings is 2. The lowest BCUT2D eigenvalue weighted by atomic mass is 10.2. The summed E-state index contributed by atoms with van der Waals surface area (Å²) in [4.78, 5) is 27.5. The quantitative estimate of drug-likeness (QED) is 0.0684. The maximum Gasteiger partial charge on any atom is 0.357 e. The molecule has 4 aromatic rings. The molecular weight excluding hydrogens is 731 g/mol. The molecule has 1 fully saturated rings. The lowest BCUT2D eigenvalue weighted by molar-refractivity contribution is 0.00690. The van der Waals surface area contributed by atoms with Crippen LogP contribution in [0.25, 0.3) is 10.2 Å². The smallest absolute Gasteiger partial charge is 0.357 e. The molecule has 1 unspecified atom stereocenters. The molecule has 1 atom stereocenters. The first-order chi connectivity index (χ1) is 24.6. The van der Waals surface area contributed by atoms with Crippen LogP contribution >= 0.6 is 22.7 Å². The minimum atomic E-state index is -2.05. The number of hydrogen-bond donors (Lipinski definition) is 0. The molecule has 3 aromatic heterocycles. The second kappa shape index (κ2) is 17.1. The van der Waals surface area contributed by atoms with Gasteiger partial charge in [0.25, 0.3) is 0 Å². The Bertz CT molecular complexity index is 1880. The van der Waals surface area contributed by atoms with E-state index in [-0.39, 0.29) is 16.8 Å². The molecule has 0 spiro atoms. The van der Waals surface area contributed by atoms with E-state index in [9.17, 15) is 4.79 Å². The Hall–Kier alpha value is -2.84. The zero-order valence-electron chi connectivity index (χ0n) is 32.4. The minimum Gasteiger partial charge on any atom is -0.464 e. The van der Waals surface area contributed by atoms with Gasteiger partial charge in [-0.25, -0.2) is 9.78 Å². The van der Waals surface area contributed by atoms with E-state index < -0.39 is 22.4 Å². The van der Waals surface area contributed by atoms with Crippen molar-refractivity contribution in [2.45, 2.75) is 84.3 Å². The highest BCUT2D eigenvalue weighted by Crippen LogP contribution is 2.37. The van der Waals surface area contributed by atoms with Gasteiger partial charge in [0.1, 0.15) is 6.73 Å². The summed E-state index contributed by atoms with van der Waals surface area (Å²) in [7, 11) is -1.90. The van der Waals surface area contributed by atoms with Crippen LogP contribution in [0.15, 0.2) is 40.7 Å². The van der Waals surface area contributed by atoms with E-state index >= 15 is 0 Å². The molecule has 0 radical (unpaired) electrons. The van der Waals surface area contributed by atoms with Gasteiger partial charge in [-0.3, -0.25) is 14.4 Å². The fraction of sp³-hybridized carbons (Fsp3) is 0.583. The second-order valence-corrected chi connectivity index (χ2v) is 28.2. The zero-order valence-corrected chi connectivity index (χ0v) is 36.0. The van der Waals surface area contributed by atoms with Gasteiger partial charge in [0.15, 0.2) is 35.6 Å². The molecule has 4 heterocycles. The van der Waals surface area contributed by atoms with Crippen molar-refractivity contribution in [2.75, 3.05) is 58.1 Å². The van der Waals surface area contributed by atoms with Crippen LogP contribution in [0.2, 0.25) is 43.8 Å². The Morgan fingerprint density at radius 1 is 1.12 bits per heavy atom. The van der Waals surface area contributed by atoms with E-state index in [1.807, 2.05) is 30.0 Å². The number of nitrogens with zero attached hydrogens (tertiary/aromatic N) is 7. The molecule has 284 valence electrons. The van der Waals surface area contributed by atoms with Crippen LogP contribution in [0.4, 0.5) is 16.8 Å². The summed E-state index contributed by atoms with van der Waals surface area (Å²) in [5, 5.41) is 11.8. The summed E-state index contributed by atoms with van der Waals surface area (Å²) in [6.45, 7) is 25.5. The molecule has 1 aromatic carbocycles. The molecule has 16 heteroatoms. The first-order valence-electron chi connectivity index (χ1n) is 17.9. The highest BCUT2D eigenvalue weighted by molar-refractivity contribution is 7.16. The molecule has 1 saturated heterocycles. The van der Waals surface area contributed by atoms with Crippen molar-refractivity contribution >= 4 is 72.0 Å². The number of fused-ring (bicyclic) bond motifs is 1. The molecule has 0 saturated carbocycles. The van der Waals surface area contributed by atoms with Gasteiger partial charge in [0, 0.05) is 45.7 Å². The van der Waals surface area contributed by atoms with Gasteiger partial charge < -0.3 is 18.6 Å². The second-order valence-electron chi connectivity index (χ2n) is 15.9. The Kier molecular flexibility index (Phi) is 13.3. The largest absolute Gasteiger partial charge is 0.464 e. The molecule has 1 aliphatic rings. The van der Waals surface area contributed by atoms with E-state index in [1.165, 1.54) is 18.4 Å². The number of aromatic nitrogens is 4. The average molecular weight is 786 g/mol. The number of morpholine rings is 1. The maximum atomic E-state index is 12.5. The Labute approximate surface area is 318 Å². The maximum absolute atomic E-state index is 12.5. The highest BCUT2D eigenvalue weighted by Gasteiger charge is 2.39. The van der Waals surface area contributed by atoms with Crippen molar-refractivity contribution < 1.29 is 23.4 Å². The highest BCUT2D eigenvalue weighted by atomic mass is 32.1. The molecule has 12 nitrogen and oxygen atoms in total. The number of methoxy groups -OCH3 is 1. The topological polar surface area (TPSA) is 116 Å². The Balaban J connectivity index is 1.50. The molecular formula is C36H55N7O5S2Si2. The fourth-order valence-corrected chi connectivity index (χ4v) is 9.00. The molecule has 0 aliphatic carbocycles. The van der Waals surface area contributed by atoms with Crippen molar-refractivity contribution in [1.29, 1.82) is 0 Å². The molecule has 1 aliphatic heterocycles. The van der Waals surface area contributed by atoms with Crippen molar-refractivity contribution in [2.24, 2.45) is 4.99 Å². The Morgan fingerprint density at radius 2 is 1.85 bits per heavy atom. The van der Waals surface area contributed by atoms with Crippen LogP contribution in [-0.2, 0) is 25.4 Å². The normalized spacial score (nSPS) is 15.7. The van der Waals surface area contributed by atoms with E-state index in [0.717, 1.165) is 46.3 Å². The first-order valence-corrected chi connectivity index (χ1v) is 26.2. The summed E-state index contributed by atoms with van der Waals surface area (Å²) < 4.78 is 27.0. The van der Waals surface area contributed by atoms with Crippen molar-refractivity contribution in [3.63, 3.8) is 0 Å². The number of para-hydroxylation sites is 1. The third kappa shape index (κ3) is 10.2. The minimum absolute atomic E-state index is 0.00780. The predicted octanol–water partition coefficient (Wildman–Crippen LogP) is 7.45. The first kappa shape index (κ1) is 40.4. The summed E-state index contributed by atoms with van der Waals surface area (Å²) in [6.07, 6.45) is 0. The van der Waals surface area contributed by atoms with Gasteiger partial charge in [0.05, 0.1) is 37.1 Å². The number of carbonyl (C=O) groups is 1. The summed E-state index contributed by atoms with van der Waals surface area (Å²) in [5.41, 5.74) is 2.20. The van der Waals surface area contributed by atoms with E-state index in [4.69, 9.17) is 33.7 Å². The zero-order chi connectivity index (χ0) is 37.7. The van der Waals surface area contributed by atoms with Crippen molar-refractivity contribution in [3.05, 3.63) is 51.8 Å². The summed E-state index contributed by atoms with van der Waals surface area (Å²) >= 11 is 2.98. The number of rotatable bonds is 15. The fourth-order valence-electron chi connectivity index (χ4n) is 5.37. The van der Waals surface area contributed by atoms with Crippen LogP contribution in [0, 0.1) is 6.92 Å². The SMILES string of the molecule is COC(=O)c1csc(N(CC(CO[Si](C)(C)C(C)(C)C)N2CCOCC2)c2cc(C)c(/N=c3\sc4ccccc4n3COCC[Si](C)(C)C)nn2)n1. The third-order valence-electron chi connectivity index (χ3n) is 9.74. The molecule has 52 heavy (non-hydrogen) atoms. The summed E-state index contributed by atoms with van der Waals surface area (Å²) in [5.74, 6) is 0.670. The van der Waals surface area contributed by atoms with Crippen LogP contribution in [0.1, 0.15) is 36.8 Å². The summed E-state index contributed by atoms with van der Waals surface area (Å²) in [6, 6.07) is 11.4. The van der Waals surface area contributed by atoms with Gasteiger partial charge in [-0.15, -0.1) is 21.5 Å².